The Hall–Kier alpha value is 0.170. The molecule has 1 N–H and O–H groups in total. The minimum absolute atomic E-state index is 0. The molecule has 0 saturated carbocycles. The molecule has 0 aliphatic carbocycles. The minimum atomic E-state index is -0.0819. The van der Waals surface area contributed by atoms with Crippen LogP contribution in [-0.4, -0.2) is 31.6 Å². The Kier molecular flexibility index (Phi) is 4.84. The summed E-state index contributed by atoms with van der Waals surface area (Å²) in [5.41, 5.74) is -0.0819. The van der Waals surface area contributed by atoms with Gasteiger partial charge in [0, 0.05) is 19.3 Å². The molecular weight excluding hydrogens is 214 g/mol. The highest BCUT2D eigenvalue weighted by Gasteiger charge is 2.35. The van der Waals surface area contributed by atoms with Gasteiger partial charge in [0.2, 0.25) is 0 Å². The van der Waals surface area contributed by atoms with Crippen LogP contribution < -0.4 is 5.32 Å². The molecule has 90 valence electrons. The zero-order chi connectivity index (χ0) is 10.0. The molecule has 2 rings (SSSR count). The number of ether oxygens (including phenoxy) is 2. The summed E-state index contributed by atoms with van der Waals surface area (Å²) in [6.45, 7) is 7.05. The van der Waals surface area contributed by atoms with Crippen LogP contribution >= 0.6 is 12.4 Å². The third-order valence-corrected chi connectivity index (χ3v) is 3.22. The lowest BCUT2D eigenvalue weighted by Crippen LogP contribution is -2.42. The molecule has 2 aliphatic heterocycles. The zero-order valence-corrected chi connectivity index (χ0v) is 10.4. The van der Waals surface area contributed by atoms with Crippen molar-refractivity contribution in [2.75, 3.05) is 19.8 Å². The van der Waals surface area contributed by atoms with Crippen LogP contribution in [0, 0.1) is 5.92 Å². The van der Waals surface area contributed by atoms with Crippen molar-refractivity contribution in [3.05, 3.63) is 0 Å². The second kappa shape index (κ2) is 5.48. The number of hydrogen-bond acceptors (Lipinski definition) is 3. The molecule has 2 fully saturated rings. The average Bonchev–Trinajstić information content (AvgIpc) is 2.47. The van der Waals surface area contributed by atoms with Gasteiger partial charge in [-0.25, -0.2) is 0 Å². The van der Waals surface area contributed by atoms with Gasteiger partial charge in [-0.2, -0.15) is 0 Å². The molecule has 0 spiro atoms. The third-order valence-electron chi connectivity index (χ3n) is 3.22. The minimum Gasteiger partial charge on any atom is -0.381 e. The maximum atomic E-state index is 5.80. The average molecular weight is 236 g/mol. The van der Waals surface area contributed by atoms with E-state index in [1.54, 1.807) is 0 Å². The highest BCUT2D eigenvalue weighted by atomic mass is 35.5. The van der Waals surface area contributed by atoms with Crippen molar-refractivity contribution in [3.63, 3.8) is 0 Å². The molecule has 0 aromatic rings. The van der Waals surface area contributed by atoms with Crippen LogP contribution in [0.15, 0.2) is 0 Å². The summed E-state index contributed by atoms with van der Waals surface area (Å²) in [6.07, 6.45) is 3.50. The van der Waals surface area contributed by atoms with Gasteiger partial charge in [-0.3, -0.25) is 5.32 Å². The first-order valence-corrected chi connectivity index (χ1v) is 5.67. The maximum Gasteiger partial charge on any atom is 0.117 e. The quantitative estimate of drug-likeness (QED) is 0.794. The SMILES string of the molecule is CC1COC(C)(CC2CCOCC2)N1.Cl. The molecule has 4 heteroatoms. The molecule has 0 bridgehead atoms. The van der Waals surface area contributed by atoms with Crippen molar-refractivity contribution in [2.24, 2.45) is 5.92 Å². The fourth-order valence-electron chi connectivity index (χ4n) is 2.53. The fourth-order valence-corrected chi connectivity index (χ4v) is 2.53. The number of rotatable bonds is 2. The first-order chi connectivity index (χ1) is 6.68. The van der Waals surface area contributed by atoms with E-state index in [1.807, 2.05) is 0 Å². The highest BCUT2D eigenvalue weighted by Crippen LogP contribution is 2.29. The Morgan fingerprint density at radius 3 is 2.53 bits per heavy atom. The van der Waals surface area contributed by atoms with Crippen molar-refractivity contribution < 1.29 is 9.47 Å². The summed E-state index contributed by atoms with van der Waals surface area (Å²) in [5.74, 6) is 0.770. The van der Waals surface area contributed by atoms with Crippen LogP contribution in [0.25, 0.3) is 0 Å². The maximum absolute atomic E-state index is 5.80. The van der Waals surface area contributed by atoms with E-state index in [0.717, 1.165) is 32.2 Å². The molecule has 2 aliphatic rings. The van der Waals surface area contributed by atoms with E-state index < -0.39 is 0 Å². The second-order valence-corrected chi connectivity index (χ2v) is 4.85. The number of halogens is 1. The summed E-state index contributed by atoms with van der Waals surface area (Å²) in [4.78, 5) is 0. The van der Waals surface area contributed by atoms with Crippen LogP contribution in [0.3, 0.4) is 0 Å². The standard InChI is InChI=1S/C11H21NO2.ClH/c1-9-8-14-11(2,12-9)7-10-3-5-13-6-4-10;/h9-10,12H,3-8H2,1-2H3;1H. The van der Waals surface area contributed by atoms with Crippen molar-refractivity contribution in [1.29, 1.82) is 0 Å². The molecular formula is C11H22ClNO2. The third kappa shape index (κ3) is 3.59. The van der Waals surface area contributed by atoms with E-state index in [4.69, 9.17) is 9.47 Å². The zero-order valence-electron chi connectivity index (χ0n) is 9.62. The topological polar surface area (TPSA) is 30.5 Å². The van der Waals surface area contributed by atoms with Gasteiger partial charge < -0.3 is 9.47 Å². The van der Waals surface area contributed by atoms with Gasteiger partial charge >= 0.3 is 0 Å². The Balaban J connectivity index is 0.00000112. The van der Waals surface area contributed by atoms with Gasteiger partial charge in [0.05, 0.1) is 6.61 Å². The van der Waals surface area contributed by atoms with Gasteiger partial charge in [-0.1, -0.05) is 0 Å². The highest BCUT2D eigenvalue weighted by molar-refractivity contribution is 5.85. The van der Waals surface area contributed by atoms with Crippen molar-refractivity contribution >= 4 is 12.4 Å². The lowest BCUT2D eigenvalue weighted by molar-refractivity contribution is -0.0313. The smallest absolute Gasteiger partial charge is 0.117 e. The van der Waals surface area contributed by atoms with E-state index >= 15 is 0 Å². The molecule has 2 atom stereocenters. The predicted octanol–water partition coefficient (Wildman–Crippen LogP) is 1.95. The van der Waals surface area contributed by atoms with Gasteiger partial charge in [-0.15, -0.1) is 12.4 Å². The van der Waals surface area contributed by atoms with E-state index in [1.165, 1.54) is 12.8 Å². The predicted molar refractivity (Wildman–Crippen MR) is 62.4 cm³/mol. The van der Waals surface area contributed by atoms with Crippen LogP contribution in [0.5, 0.6) is 0 Å². The Bertz CT molecular complexity index is 197. The number of nitrogens with one attached hydrogen (secondary N) is 1. The normalized spacial score (nSPS) is 37.6. The van der Waals surface area contributed by atoms with Gasteiger partial charge in [0.1, 0.15) is 5.72 Å². The largest absolute Gasteiger partial charge is 0.381 e. The van der Waals surface area contributed by atoms with Crippen LogP contribution in [0.4, 0.5) is 0 Å². The van der Waals surface area contributed by atoms with Crippen LogP contribution in [0.2, 0.25) is 0 Å². The summed E-state index contributed by atoms with van der Waals surface area (Å²) < 4.78 is 11.2. The van der Waals surface area contributed by atoms with Crippen molar-refractivity contribution in [1.82, 2.24) is 5.32 Å². The Labute approximate surface area is 98.3 Å². The summed E-state index contributed by atoms with van der Waals surface area (Å²) in [5, 5.41) is 3.51. The van der Waals surface area contributed by atoms with Crippen LogP contribution in [0.1, 0.15) is 33.1 Å². The summed E-state index contributed by atoms with van der Waals surface area (Å²) in [7, 11) is 0. The molecule has 2 heterocycles. The fraction of sp³-hybridized carbons (Fsp3) is 1.00. The monoisotopic (exact) mass is 235 g/mol. The Morgan fingerprint density at radius 1 is 1.33 bits per heavy atom. The molecule has 2 saturated heterocycles. The molecule has 15 heavy (non-hydrogen) atoms. The van der Waals surface area contributed by atoms with Gasteiger partial charge in [0.25, 0.3) is 0 Å². The van der Waals surface area contributed by atoms with Crippen LogP contribution in [-0.2, 0) is 9.47 Å². The second-order valence-electron chi connectivity index (χ2n) is 4.85. The molecule has 2 unspecified atom stereocenters. The van der Waals surface area contributed by atoms with E-state index in [-0.39, 0.29) is 18.1 Å². The van der Waals surface area contributed by atoms with E-state index in [2.05, 4.69) is 19.2 Å². The molecule has 0 aromatic carbocycles. The van der Waals surface area contributed by atoms with Gasteiger partial charge in [-0.05, 0) is 39.0 Å². The van der Waals surface area contributed by atoms with Crippen molar-refractivity contribution in [3.8, 4) is 0 Å². The van der Waals surface area contributed by atoms with E-state index in [0.29, 0.717) is 6.04 Å². The molecule has 0 aromatic heterocycles. The lowest BCUT2D eigenvalue weighted by Gasteiger charge is -2.31. The summed E-state index contributed by atoms with van der Waals surface area (Å²) >= 11 is 0. The lowest BCUT2D eigenvalue weighted by atomic mass is 9.91. The molecule has 3 nitrogen and oxygen atoms in total. The molecule has 0 radical (unpaired) electrons. The first kappa shape index (κ1) is 13.2. The number of hydrogen-bond donors (Lipinski definition) is 1. The first-order valence-electron chi connectivity index (χ1n) is 5.67. The molecule has 0 amide bonds. The van der Waals surface area contributed by atoms with Gasteiger partial charge in [0.15, 0.2) is 0 Å². The van der Waals surface area contributed by atoms with E-state index in [9.17, 15) is 0 Å². The summed E-state index contributed by atoms with van der Waals surface area (Å²) in [6, 6.07) is 0.500. The Morgan fingerprint density at radius 2 is 2.00 bits per heavy atom. The van der Waals surface area contributed by atoms with Crippen molar-refractivity contribution in [2.45, 2.75) is 44.9 Å².